The molecule has 0 radical (unpaired) electrons. The molecular formula is C13H11ClO2S. The molecule has 88 valence electrons. The summed E-state index contributed by atoms with van der Waals surface area (Å²) >= 11 is 7.28. The lowest BCUT2D eigenvalue weighted by molar-refractivity contribution is 0.112. The molecule has 0 N–H and O–H groups in total. The maximum absolute atomic E-state index is 10.6. The van der Waals surface area contributed by atoms with Crippen LogP contribution in [0.25, 0.3) is 0 Å². The molecule has 17 heavy (non-hydrogen) atoms. The number of aldehydes is 1. The van der Waals surface area contributed by atoms with Gasteiger partial charge in [-0.15, -0.1) is 0 Å². The molecule has 2 nitrogen and oxygen atoms in total. The number of aryl methyl sites for hydroxylation is 2. The number of thiophene rings is 1. The Labute approximate surface area is 109 Å². The van der Waals surface area contributed by atoms with Gasteiger partial charge in [0.25, 0.3) is 0 Å². The van der Waals surface area contributed by atoms with E-state index in [4.69, 9.17) is 16.3 Å². The molecule has 0 unspecified atom stereocenters. The number of rotatable bonds is 3. The fourth-order valence-corrected chi connectivity index (χ4v) is 2.62. The molecular weight excluding hydrogens is 256 g/mol. The molecule has 1 aromatic carbocycles. The third kappa shape index (κ3) is 2.68. The zero-order valence-electron chi connectivity index (χ0n) is 9.49. The smallest absolute Gasteiger partial charge is 0.181 e. The van der Waals surface area contributed by atoms with Crippen molar-refractivity contribution in [2.24, 2.45) is 0 Å². The molecule has 2 aromatic rings. The Hall–Kier alpha value is -1.32. The van der Waals surface area contributed by atoms with Crippen LogP contribution in [0.5, 0.6) is 10.8 Å². The van der Waals surface area contributed by atoms with Gasteiger partial charge in [0.15, 0.2) is 11.3 Å². The summed E-state index contributed by atoms with van der Waals surface area (Å²) in [5.74, 6) is 0.800. The van der Waals surface area contributed by atoms with E-state index in [9.17, 15) is 4.79 Å². The summed E-state index contributed by atoms with van der Waals surface area (Å²) in [5, 5.41) is 1.41. The minimum atomic E-state index is 0.657. The highest BCUT2D eigenvalue weighted by atomic mass is 35.5. The van der Waals surface area contributed by atoms with Gasteiger partial charge in [0.2, 0.25) is 0 Å². The van der Waals surface area contributed by atoms with Gasteiger partial charge in [-0.1, -0.05) is 22.9 Å². The lowest BCUT2D eigenvalue weighted by Gasteiger charge is -2.10. The van der Waals surface area contributed by atoms with Crippen LogP contribution >= 0.6 is 22.9 Å². The molecule has 0 spiro atoms. The van der Waals surface area contributed by atoms with E-state index >= 15 is 0 Å². The van der Waals surface area contributed by atoms with Gasteiger partial charge in [-0.3, -0.25) is 4.79 Å². The first-order valence-corrected chi connectivity index (χ1v) is 6.29. The molecule has 4 heteroatoms. The standard InChI is InChI=1S/C13H11ClO2S/c1-8-5-10(14)6-9(2)13(8)16-12-4-3-11(7-15)17-12/h3-7H,1-2H3. The van der Waals surface area contributed by atoms with Gasteiger partial charge in [0.05, 0.1) is 4.88 Å². The number of carbonyl (C=O) groups is 1. The second kappa shape index (κ2) is 4.90. The number of carbonyl (C=O) groups excluding carboxylic acids is 1. The highest BCUT2D eigenvalue weighted by Crippen LogP contribution is 2.34. The van der Waals surface area contributed by atoms with Gasteiger partial charge in [-0.25, -0.2) is 0 Å². The van der Waals surface area contributed by atoms with Crippen molar-refractivity contribution in [3.63, 3.8) is 0 Å². The van der Waals surface area contributed by atoms with Crippen molar-refractivity contribution in [3.05, 3.63) is 45.3 Å². The Morgan fingerprint density at radius 1 is 1.24 bits per heavy atom. The lowest BCUT2D eigenvalue weighted by atomic mass is 10.1. The van der Waals surface area contributed by atoms with Crippen molar-refractivity contribution >= 4 is 29.2 Å². The first-order valence-electron chi connectivity index (χ1n) is 5.10. The number of halogens is 1. The first kappa shape index (κ1) is 12.1. The fraction of sp³-hybridized carbons (Fsp3) is 0.154. The average molecular weight is 267 g/mol. The summed E-state index contributed by atoms with van der Waals surface area (Å²) in [6.45, 7) is 3.89. The first-order chi connectivity index (χ1) is 8.10. The summed E-state index contributed by atoms with van der Waals surface area (Å²) in [5.41, 5.74) is 1.96. The quantitative estimate of drug-likeness (QED) is 0.758. The monoisotopic (exact) mass is 266 g/mol. The summed E-state index contributed by atoms with van der Waals surface area (Å²) in [6.07, 6.45) is 0.819. The second-order valence-electron chi connectivity index (χ2n) is 3.75. The SMILES string of the molecule is Cc1cc(Cl)cc(C)c1Oc1ccc(C=O)s1. The van der Waals surface area contributed by atoms with E-state index in [1.54, 1.807) is 12.1 Å². The molecule has 0 saturated heterocycles. The van der Waals surface area contributed by atoms with Crippen molar-refractivity contribution < 1.29 is 9.53 Å². The van der Waals surface area contributed by atoms with Crippen molar-refractivity contribution in [1.82, 2.24) is 0 Å². The summed E-state index contributed by atoms with van der Waals surface area (Å²) < 4.78 is 5.78. The summed E-state index contributed by atoms with van der Waals surface area (Å²) in [7, 11) is 0. The predicted octanol–water partition coefficient (Wildman–Crippen LogP) is 4.62. The molecule has 1 aromatic heterocycles. The third-order valence-electron chi connectivity index (χ3n) is 2.35. The number of hydrogen-bond donors (Lipinski definition) is 0. The Bertz CT molecular complexity index is 537. The number of ether oxygens (including phenoxy) is 1. The molecule has 0 aliphatic heterocycles. The van der Waals surface area contributed by atoms with Crippen LogP contribution < -0.4 is 4.74 Å². The Morgan fingerprint density at radius 2 is 1.88 bits per heavy atom. The fourth-order valence-electron chi connectivity index (χ4n) is 1.61. The molecule has 0 bridgehead atoms. The van der Waals surface area contributed by atoms with Gasteiger partial charge in [-0.05, 0) is 49.2 Å². The van der Waals surface area contributed by atoms with Crippen LogP contribution in [0.4, 0.5) is 0 Å². The van der Waals surface area contributed by atoms with Gasteiger partial charge >= 0.3 is 0 Å². The van der Waals surface area contributed by atoms with E-state index in [-0.39, 0.29) is 0 Å². The molecule has 0 aliphatic rings. The topological polar surface area (TPSA) is 26.3 Å². The highest BCUT2D eigenvalue weighted by Gasteiger charge is 2.08. The number of hydrogen-bond acceptors (Lipinski definition) is 3. The van der Waals surface area contributed by atoms with Crippen LogP contribution in [0.2, 0.25) is 5.02 Å². The Morgan fingerprint density at radius 3 is 2.41 bits per heavy atom. The zero-order chi connectivity index (χ0) is 12.4. The van der Waals surface area contributed by atoms with E-state index in [0.29, 0.717) is 15.0 Å². The third-order valence-corrected chi connectivity index (χ3v) is 3.45. The molecule has 1 heterocycles. The Balaban J connectivity index is 2.32. The normalized spacial score (nSPS) is 10.3. The van der Waals surface area contributed by atoms with Crippen molar-refractivity contribution in [2.75, 3.05) is 0 Å². The predicted molar refractivity (Wildman–Crippen MR) is 70.7 cm³/mol. The van der Waals surface area contributed by atoms with Gasteiger partial charge in [0.1, 0.15) is 5.75 Å². The second-order valence-corrected chi connectivity index (χ2v) is 5.26. The zero-order valence-corrected chi connectivity index (χ0v) is 11.1. The summed E-state index contributed by atoms with van der Waals surface area (Å²) in [6, 6.07) is 7.26. The van der Waals surface area contributed by atoms with Crippen LogP contribution in [-0.4, -0.2) is 6.29 Å². The minimum absolute atomic E-state index is 0.657. The molecule has 0 aliphatic carbocycles. The van der Waals surface area contributed by atoms with Crippen molar-refractivity contribution in [3.8, 4) is 10.8 Å². The van der Waals surface area contributed by atoms with E-state index in [1.807, 2.05) is 26.0 Å². The van der Waals surface area contributed by atoms with Gasteiger partial charge < -0.3 is 4.74 Å². The molecule has 2 rings (SSSR count). The van der Waals surface area contributed by atoms with E-state index < -0.39 is 0 Å². The van der Waals surface area contributed by atoms with Crippen molar-refractivity contribution in [2.45, 2.75) is 13.8 Å². The van der Waals surface area contributed by atoms with Gasteiger partial charge in [-0.2, -0.15) is 0 Å². The highest BCUT2D eigenvalue weighted by molar-refractivity contribution is 7.15. The van der Waals surface area contributed by atoms with Crippen LogP contribution in [-0.2, 0) is 0 Å². The average Bonchev–Trinajstić information content (AvgIpc) is 2.71. The van der Waals surface area contributed by atoms with Crippen LogP contribution in [0.3, 0.4) is 0 Å². The molecule has 0 saturated carbocycles. The van der Waals surface area contributed by atoms with Crippen LogP contribution in [0, 0.1) is 13.8 Å². The maximum Gasteiger partial charge on any atom is 0.181 e. The van der Waals surface area contributed by atoms with E-state index in [0.717, 1.165) is 23.2 Å². The lowest BCUT2D eigenvalue weighted by Crippen LogP contribution is -1.89. The molecule has 0 amide bonds. The number of benzene rings is 1. The van der Waals surface area contributed by atoms with Crippen LogP contribution in [0.15, 0.2) is 24.3 Å². The molecule has 0 atom stereocenters. The minimum Gasteiger partial charge on any atom is -0.446 e. The molecule has 0 fully saturated rings. The largest absolute Gasteiger partial charge is 0.446 e. The van der Waals surface area contributed by atoms with Gasteiger partial charge in [0, 0.05) is 5.02 Å². The van der Waals surface area contributed by atoms with Crippen LogP contribution in [0.1, 0.15) is 20.8 Å². The Kier molecular flexibility index (Phi) is 3.50. The van der Waals surface area contributed by atoms with E-state index in [1.165, 1.54) is 11.3 Å². The maximum atomic E-state index is 10.6. The van der Waals surface area contributed by atoms with E-state index in [2.05, 4.69) is 0 Å². The van der Waals surface area contributed by atoms with Crippen molar-refractivity contribution in [1.29, 1.82) is 0 Å². The summed E-state index contributed by atoms with van der Waals surface area (Å²) in [4.78, 5) is 11.2.